The molecule has 1 heterocycles. The fourth-order valence-corrected chi connectivity index (χ4v) is 2.63. The molecule has 0 saturated carbocycles. The van der Waals surface area contributed by atoms with Crippen LogP contribution >= 0.6 is 11.3 Å². The van der Waals surface area contributed by atoms with Crippen LogP contribution in [0.4, 0.5) is 4.79 Å². The van der Waals surface area contributed by atoms with Crippen molar-refractivity contribution in [3.05, 3.63) is 22.4 Å². The lowest BCUT2D eigenvalue weighted by atomic mass is 10.1. The predicted octanol–water partition coefficient (Wildman–Crippen LogP) is 2.48. The second kappa shape index (κ2) is 8.58. The van der Waals surface area contributed by atoms with Crippen LogP contribution in [0.2, 0.25) is 0 Å². The number of carbonyl (C=O) groups is 2. The Morgan fingerprint density at radius 2 is 2.15 bits per heavy atom. The van der Waals surface area contributed by atoms with Gasteiger partial charge in [0.15, 0.2) is 0 Å². The predicted molar refractivity (Wildman–Crippen MR) is 80.1 cm³/mol. The first-order valence-corrected chi connectivity index (χ1v) is 7.64. The third-order valence-corrected chi connectivity index (χ3v) is 3.83. The van der Waals surface area contributed by atoms with E-state index >= 15 is 0 Å². The fourth-order valence-electron chi connectivity index (χ4n) is 1.80. The van der Waals surface area contributed by atoms with E-state index in [4.69, 9.17) is 5.11 Å². The van der Waals surface area contributed by atoms with Gasteiger partial charge in [-0.1, -0.05) is 13.0 Å². The van der Waals surface area contributed by atoms with Crippen LogP contribution in [0, 0.1) is 5.92 Å². The van der Waals surface area contributed by atoms with E-state index < -0.39 is 5.97 Å². The standard InChI is InChI=1S/C14H22N2O3S/c1-10(5-6-13(17)18)9-15-14(19)16-11(2)8-12-4-3-7-20-12/h3-4,7,10-11H,5-6,8-9H2,1-2H3,(H,17,18)(H2,15,16,19). The molecular formula is C14H22N2O3S. The number of carbonyl (C=O) groups excluding carboxylic acids is 1. The molecule has 0 fully saturated rings. The van der Waals surface area contributed by atoms with E-state index in [0.717, 1.165) is 6.42 Å². The summed E-state index contributed by atoms with van der Waals surface area (Å²) >= 11 is 1.68. The Bertz CT molecular complexity index is 420. The lowest BCUT2D eigenvalue weighted by molar-refractivity contribution is -0.137. The van der Waals surface area contributed by atoms with Crippen LogP contribution in [0.5, 0.6) is 0 Å². The second-order valence-electron chi connectivity index (χ2n) is 5.08. The molecular weight excluding hydrogens is 276 g/mol. The summed E-state index contributed by atoms with van der Waals surface area (Å²) in [7, 11) is 0. The fraction of sp³-hybridized carbons (Fsp3) is 0.571. The summed E-state index contributed by atoms with van der Waals surface area (Å²) in [6.45, 7) is 4.39. The van der Waals surface area contributed by atoms with E-state index in [-0.39, 0.29) is 24.4 Å². The van der Waals surface area contributed by atoms with Crippen LogP contribution in [-0.4, -0.2) is 29.7 Å². The van der Waals surface area contributed by atoms with Crippen molar-refractivity contribution < 1.29 is 14.7 Å². The van der Waals surface area contributed by atoms with Crippen LogP contribution in [0.1, 0.15) is 31.6 Å². The topological polar surface area (TPSA) is 78.4 Å². The van der Waals surface area contributed by atoms with Crippen molar-refractivity contribution in [3.63, 3.8) is 0 Å². The first kappa shape index (κ1) is 16.5. The van der Waals surface area contributed by atoms with E-state index in [0.29, 0.717) is 13.0 Å². The molecule has 2 amide bonds. The zero-order valence-electron chi connectivity index (χ0n) is 11.9. The molecule has 3 N–H and O–H groups in total. The molecule has 0 aliphatic heterocycles. The highest BCUT2D eigenvalue weighted by atomic mass is 32.1. The first-order chi connectivity index (χ1) is 9.47. The molecule has 0 aliphatic carbocycles. The Kier molecular flexibility index (Phi) is 7.08. The molecule has 20 heavy (non-hydrogen) atoms. The smallest absolute Gasteiger partial charge is 0.315 e. The Balaban J connectivity index is 2.17. The van der Waals surface area contributed by atoms with Gasteiger partial charge in [0.05, 0.1) is 0 Å². The lowest BCUT2D eigenvalue weighted by Crippen LogP contribution is -2.43. The van der Waals surface area contributed by atoms with Gasteiger partial charge < -0.3 is 15.7 Å². The third kappa shape index (κ3) is 7.13. The van der Waals surface area contributed by atoms with Gasteiger partial charge in [-0.15, -0.1) is 11.3 Å². The highest BCUT2D eigenvalue weighted by Gasteiger charge is 2.10. The van der Waals surface area contributed by atoms with Gasteiger partial charge in [0.2, 0.25) is 0 Å². The quantitative estimate of drug-likeness (QED) is 0.690. The van der Waals surface area contributed by atoms with E-state index in [1.165, 1.54) is 4.88 Å². The van der Waals surface area contributed by atoms with Crippen molar-refractivity contribution in [2.24, 2.45) is 5.92 Å². The second-order valence-corrected chi connectivity index (χ2v) is 6.11. The largest absolute Gasteiger partial charge is 0.481 e. The maximum Gasteiger partial charge on any atom is 0.315 e. The van der Waals surface area contributed by atoms with Gasteiger partial charge in [0.1, 0.15) is 0 Å². The number of nitrogens with one attached hydrogen (secondary N) is 2. The van der Waals surface area contributed by atoms with Crippen molar-refractivity contribution >= 4 is 23.3 Å². The maximum atomic E-state index is 11.7. The Labute approximate surface area is 123 Å². The van der Waals surface area contributed by atoms with Crippen molar-refractivity contribution in [3.8, 4) is 0 Å². The van der Waals surface area contributed by atoms with E-state index in [9.17, 15) is 9.59 Å². The number of carboxylic acids is 1. The molecule has 1 aromatic heterocycles. The average Bonchev–Trinajstić information content (AvgIpc) is 2.86. The maximum absolute atomic E-state index is 11.7. The van der Waals surface area contributed by atoms with Crippen LogP contribution in [0.25, 0.3) is 0 Å². The van der Waals surface area contributed by atoms with E-state index in [1.54, 1.807) is 11.3 Å². The molecule has 1 rings (SSSR count). The Morgan fingerprint density at radius 1 is 1.40 bits per heavy atom. The molecule has 0 aromatic carbocycles. The van der Waals surface area contributed by atoms with Crippen molar-refractivity contribution in [1.29, 1.82) is 0 Å². The Hall–Kier alpha value is -1.56. The highest BCUT2D eigenvalue weighted by Crippen LogP contribution is 2.10. The molecule has 0 bridgehead atoms. The molecule has 0 spiro atoms. The minimum atomic E-state index is -0.800. The van der Waals surface area contributed by atoms with Gasteiger partial charge in [-0.2, -0.15) is 0 Å². The summed E-state index contributed by atoms with van der Waals surface area (Å²) in [5.41, 5.74) is 0. The molecule has 0 saturated heterocycles. The normalized spacial score (nSPS) is 13.5. The van der Waals surface area contributed by atoms with Crippen LogP contribution in [-0.2, 0) is 11.2 Å². The van der Waals surface area contributed by atoms with Crippen LogP contribution < -0.4 is 10.6 Å². The van der Waals surface area contributed by atoms with Crippen LogP contribution in [0.15, 0.2) is 17.5 Å². The summed E-state index contributed by atoms with van der Waals surface area (Å²) in [5.74, 6) is -0.643. The lowest BCUT2D eigenvalue weighted by Gasteiger charge is -2.16. The zero-order valence-corrected chi connectivity index (χ0v) is 12.7. The minimum Gasteiger partial charge on any atom is -0.481 e. The number of urea groups is 1. The number of carboxylic acid groups (broad SMARTS) is 1. The number of hydrogen-bond acceptors (Lipinski definition) is 3. The average molecular weight is 298 g/mol. The molecule has 112 valence electrons. The summed E-state index contributed by atoms with van der Waals surface area (Å²) < 4.78 is 0. The number of rotatable bonds is 8. The van der Waals surface area contributed by atoms with Gasteiger partial charge in [-0.25, -0.2) is 4.79 Å². The van der Waals surface area contributed by atoms with Crippen LogP contribution in [0.3, 0.4) is 0 Å². The molecule has 0 radical (unpaired) electrons. The number of hydrogen-bond donors (Lipinski definition) is 3. The van der Waals surface area contributed by atoms with Gasteiger partial charge in [-0.3, -0.25) is 4.79 Å². The first-order valence-electron chi connectivity index (χ1n) is 6.76. The molecule has 1 aromatic rings. The van der Waals surface area contributed by atoms with Crippen molar-refractivity contribution in [2.75, 3.05) is 6.54 Å². The van der Waals surface area contributed by atoms with Gasteiger partial charge in [0.25, 0.3) is 0 Å². The zero-order chi connectivity index (χ0) is 15.0. The highest BCUT2D eigenvalue weighted by molar-refractivity contribution is 7.09. The summed E-state index contributed by atoms with van der Waals surface area (Å²) in [5, 5.41) is 16.3. The van der Waals surface area contributed by atoms with Gasteiger partial charge >= 0.3 is 12.0 Å². The molecule has 2 atom stereocenters. The SMILES string of the molecule is CC(CCC(=O)O)CNC(=O)NC(C)Cc1cccs1. The minimum absolute atomic E-state index is 0.0722. The van der Waals surface area contributed by atoms with E-state index in [1.807, 2.05) is 25.3 Å². The van der Waals surface area contributed by atoms with Crippen molar-refractivity contribution in [2.45, 2.75) is 39.2 Å². The van der Waals surface area contributed by atoms with Crippen molar-refractivity contribution in [1.82, 2.24) is 10.6 Å². The monoisotopic (exact) mass is 298 g/mol. The van der Waals surface area contributed by atoms with Gasteiger partial charge in [0, 0.05) is 30.3 Å². The third-order valence-electron chi connectivity index (χ3n) is 2.93. The molecule has 6 heteroatoms. The summed E-state index contributed by atoms with van der Waals surface area (Å²) in [4.78, 5) is 23.4. The number of aliphatic carboxylic acids is 1. The van der Waals surface area contributed by atoms with E-state index in [2.05, 4.69) is 16.7 Å². The molecule has 0 aliphatic rings. The number of amides is 2. The molecule has 5 nitrogen and oxygen atoms in total. The summed E-state index contributed by atoms with van der Waals surface area (Å²) in [6.07, 6.45) is 1.53. The Morgan fingerprint density at radius 3 is 2.75 bits per heavy atom. The molecule has 2 unspecified atom stereocenters. The van der Waals surface area contributed by atoms with Gasteiger partial charge in [-0.05, 0) is 30.7 Å². The summed E-state index contributed by atoms with van der Waals surface area (Å²) in [6, 6.07) is 3.92. The number of thiophene rings is 1.